The molecule has 0 aliphatic heterocycles. The highest BCUT2D eigenvalue weighted by atomic mass is 16.5. The van der Waals surface area contributed by atoms with Crippen molar-refractivity contribution in [3.05, 3.63) is 0 Å². The van der Waals surface area contributed by atoms with Crippen LogP contribution >= 0.6 is 0 Å². The number of ether oxygens (including phenoxy) is 1. The van der Waals surface area contributed by atoms with E-state index in [0.29, 0.717) is 0 Å². The minimum Gasteiger partial charge on any atom is -0.381 e. The van der Waals surface area contributed by atoms with Crippen molar-refractivity contribution < 1.29 is 9.53 Å². The van der Waals surface area contributed by atoms with Gasteiger partial charge < -0.3 is 9.64 Å². The molecule has 0 spiro atoms. The third kappa shape index (κ3) is 19.7. The Hall–Kier alpha value is -0.570. The van der Waals surface area contributed by atoms with Gasteiger partial charge in [-0.15, -0.1) is 0 Å². The maximum Gasteiger partial charge on any atom is 0.218 e. The molecule has 0 aromatic carbocycles. The van der Waals surface area contributed by atoms with Gasteiger partial charge in [-0.05, 0) is 12.8 Å². The molecule has 0 aliphatic carbocycles. The molecule has 0 rings (SSSR count). The first-order valence-corrected chi connectivity index (χ1v) is 5.81. The second-order valence-corrected chi connectivity index (χ2v) is 3.73. The van der Waals surface area contributed by atoms with Gasteiger partial charge in [0.2, 0.25) is 5.91 Å². The van der Waals surface area contributed by atoms with Gasteiger partial charge in [0.05, 0.1) is 0 Å². The van der Waals surface area contributed by atoms with Crippen molar-refractivity contribution in [3.8, 4) is 0 Å². The Morgan fingerprint density at radius 1 is 1.07 bits per heavy atom. The van der Waals surface area contributed by atoms with Crippen molar-refractivity contribution in [1.29, 1.82) is 0 Å². The Balaban J connectivity index is 0. The van der Waals surface area contributed by atoms with Crippen molar-refractivity contribution in [1.82, 2.24) is 4.90 Å². The Bertz CT molecular complexity index is 130. The minimum absolute atomic E-state index is 0.0926. The highest BCUT2D eigenvalue weighted by Crippen LogP contribution is 1.91. The molecule has 15 heavy (non-hydrogen) atoms. The molecule has 0 N–H and O–H groups in total. The average molecular weight is 217 g/mol. The van der Waals surface area contributed by atoms with Crippen molar-refractivity contribution in [2.45, 2.75) is 46.5 Å². The van der Waals surface area contributed by atoms with Crippen molar-refractivity contribution in [3.63, 3.8) is 0 Å². The summed E-state index contributed by atoms with van der Waals surface area (Å²) in [5.74, 6) is 0.0926. The molecule has 0 fully saturated rings. The van der Waals surface area contributed by atoms with E-state index in [2.05, 4.69) is 13.8 Å². The number of unbranched alkanes of at least 4 members (excludes halogenated alkanes) is 2. The lowest BCUT2D eigenvalue weighted by molar-refractivity contribution is -0.126. The van der Waals surface area contributed by atoms with Gasteiger partial charge in [-0.1, -0.05) is 26.7 Å². The van der Waals surface area contributed by atoms with E-state index in [4.69, 9.17) is 4.74 Å². The Labute approximate surface area is 94.8 Å². The third-order valence-electron chi connectivity index (χ3n) is 1.91. The smallest absolute Gasteiger partial charge is 0.218 e. The monoisotopic (exact) mass is 217 g/mol. The number of rotatable bonds is 6. The van der Waals surface area contributed by atoms with Crippen LogP contribution in [0.3, 0.4) is 0 Å². The molecule has 0 aromatic heterocycles. The van der Waals surface area contributed by atoms with E-state index in [1.54, 1.807) is 14.1 Å². The summed E-state index contributed by atoms with van der Waals surface area (Å²) in [6.45, 7) is 7.80. The highest BCUT2D eigenvalue weighted by molar-refractivity contribution is 5.72. The molecule has 0 unspecified atom stereocenters. The fourth-order valence-electron chi connectivity index (χ4n) is 0.595. The van der Waals surface area contributed by atoms with Gasteiger partial charge in [-0.3, -0.25) is 4.79 Å². The van der Waals surface area contributed by atoms with E-state index < -0.39 is 0 Å². The standard InChI is InChI=1S/C8H18O.C4H9NO/c1-3-5-7-9-8-6-4-2;1-4(6)5(2)3/h3-8H2,1-2H3;1-3H3. The van der Waals surface area contributed by atoms with Gasteiger partial charge in [0.25, 0.3) is 0 Å². The second kappa shape index (κ2) is 13.4. The van der Waals surface area contributed by atoms with Crippen LogP contribution in [0.5, 0.6) is 0 Å². The number of hydrogen-bond donors (Lipinski definition) is 0. The van der Waals surface area contributed by atoms with E-state index in [1.807, 2.05) is 0 Å². The topological polar surface area (TPSA) is 29.5 Å². The molecule has 92 valence electrons. The normalized spacial score (nSPS) is 9.13. The molecule has 0 aromatic rings. The Morgan fingerprint density at radius 3 is 1.60 bits per heavy atom. The first-order chi connectivity index (χ1) is 7.06. The molecule has 1 amide bonds. The summed E-state index contributed by atoms with van der Waals surface area (Å²) in [6.07, 6.45) is 4.91. The van der Waals surface area contributed by atoms with Gasteiger partial charge in [0.15, 0.2) is 0 Å². The van der Waals surface area contributed by atoms with Crippen molar-refractivity contribution in [2.24, 2.45) is 0 Å². The summed E-state index contributed by atoms with van der Waals surface area (Å²) in [5, 5.41) is 0. The lowest BCUT2D eigenvalue weighted by Gasteiger charge is -2.02. The number of nitrogens with zero attached hydrogens (tertiary/aromatic N) is 1. The molecule has 0 aliphatic rings. The van der Waals surface area contributed by atoms with Crippen LogP contribution in [-0.2, 0) is 9.53 Å². The van der Waals surface area contributed by atoms with Crippen LogP contribution in [0.25, 0.3) is 0 Å². The predicted octanol–water partition coefficient (Wildman–Crippen LogP) is 2.70. The van der Waals surface area contributed by atoms with Crippen molar-refractivity contribution in [2.75, 3.05) is 27.3 Å². The summed E-state index contributed by atoms with van der Waals surface area (Å²) in [6, 6.07) is 0. The van der Waals surface area contributed by atoms with Crippen LogP contribution in [0.1, 0.15) is 46.5 Å². The molecule has 0 radical (unpaired) electrons. The van der Waals surface area contributed by atoms with Crippen LogP contribution in [0, 0.1) is 0 Å². The average Bonchev–Trinajstić information content (AvgIpc) is 2.18. The zero-order valence-electron chi connectivity index (χ0n) is 11.0. The van der Waals surface area contributed by atoms with E-state index in [9.17, 15) is 4.79 Å². The predicted molar refractivity (Wildman–Crippen MR) is 65.0 cm³/mol. The van der Waals surface area contributed by atoms with Gasteiger partial charge >= 0.3 is 0 Å². The first-order valence-electron chi connectivity index (χ1n) is 5.81. The summed E-state index contributed by atoms with van der Waals surface area (Å²) in [4.78, 5) is 11.6. The fourth-order valence-corrected chi connectivity index (χ4v) is 0.595. The van der Waals surface area contributed by atoms with E-state index in [1.165, 1.54) is 37.5 Å². The molecule has 0 bridgehead atoms. The van der Waals surface area contributed by atoms with Gasteiger partial charge in [0, 0.05) is 34.2 Å². The molecular weight excluding hydrogens is 190 g/mol. The molecule has 0 saturated carbocycles. The number of carbonyl (C=O) groups excluding carboxylic acids is 1. The largest absolute Gasteiger partial charge is 0.381 e. The number of carbonyl (C=O) groups is 1. The summed E-state index contributed by atoms with van der Waals surface area (Å²) >= 11 is 0. The van der Waals surface area contributed by atoms with E-state index >= 15 is 0 Å². The van der Waals surface area contributed by atoms with E-state index in [0.717, 1.165) is 13.2 Å². The summed E-state index contributed by atoms with van der Waals surface area (Å²) in [7, 11) is 3.45. The lowest BCUT2D eigenvalue weighted by Crippen LogP contribution is -2.17. The molecular formula is C12H27NO2. The van der Waals surface area contributed by atoms with Crippen LogP contribution in [0.2, 0.25) is 0 Å². The molecule has 0 atom stereocenters. The van der Waals surface area contributed by atoms with Crippen LogP contribution in [-0.4, -0.2) is 38.1 Å². The molecule has 0 heterocycles. The second-order valence-electron chi connectivity index (χ2n) is 3.73. The highest BCUT2D eigenvalue weighted by Gasteiger charge is 1.87. The number of hydrogen-bond acceptors (Lipinski definition) is 2. The number of amides is 1. The fraction of sp³-hybridized carbons (Fsp3) is 0.917. The molecule has 3 nitrogen and oxygen atoms in total. The Morgan fingerprint density at radius 2 is 1.40 bits per heavy atom. The molecule has 3 heteroatoms. The zero-order chi connectivity index (χ0) is 12.1. The SMILES string of the molecule is CC(=O)N(C)C.CCCCOCCCC. The molecule has 0 saturated heterocycles. The van der Waals surface area contributed by atoms with Gasteiger partial charge in [-0.2, -0.15) is 0 Å². The third-order valence-corrected chi connectivity index (χ3v) is 1.91. The minimum atomic E-state index is 0.0926. The van der Waals surface area contributed by atoms with Crippen molar-refractivity contribution >= 4 is 5.91 Å². The maximum absolute atomic E-state index is 10.1. The summed E-state index contributed by atoms with van der Waals surface area (Å²) < 4.78 is 5.31. The Kier molecular flexibility index (Phi) is 15.1. The van der Waals surface area contributed by atoms with E-state index in [-0.39, 0.29) is 5.91 Å². The van der Waals surface area contributed by atoms with Crippen LogP contribution < -0.4 is 0 Å². The quantitative estimate of drug-likeness (QED) is 0.640. The lowest BCUT2D eigenvalue weighted by atomic mass is 10.3. The van der Waals surface area contributed by atoms with Gasteiger partial charge in [0.1, 0.15) is 0 Å². The summed E-state index contributed by atoms with van der Waals surface area (Å²) in [5.41, 5.74) is 0. The van der Waals surface area contributed by atoms with Crippen LogP contribution in [0.4, 0.5) is 0 Å². The zero-order valence-corrected chi connectivity index (χ0v) is 11.0. The first kappa shape index (κ1) is 16.8. The van der Waals surface area contributed by atoms with Gasteiger partial charge in [-0.25, -0.2) is 0 Å². The maximum atomic E-state index is 10.1. The van der Waals surface area contributed by atoms with Crippen LogP contribution in [0.15, 0.2) is 0 Å².